The fourth-order valence-corrected chi connectivity index (χ4v) is 2.45. The number of benzene rings is 2. The predicted molar refractivity (Wildman–Crippen MR) is 94.8 cm³/mol. The molecule has 0 spiro atoms. The van der Waals surface area contributed by atoms with Crippen molar-refractivity contribution in [3.63, 3.8) is 0 Å². The summed E-state index contributed by atoms with van der Waals surface area (Å²) in [5.41, 5.74) is 1.12. The Balaban J connectivity index is 2.26. The van der Waals surface area contributed by atoms with Crippen LogP contribution >= 0.6 is 47.6 Å². The van der Waals surface area contributed by atoms with Gasteiger partial charge in [-0.2, -0.15) is 0 Å². The zero-order chi connectivity index (χ0) is 16.4. The van der Waals surface area contributed by atoms with Crippen LogP contribution in [0.4, 0.5) is 16.2 Å². The van der Waals surface area contributed by atoms with E-state index in [1.807, 2.05) is 0 Å². The second-order valence-corrected chi connectivity index (χ2v) is 6.04. The number of phenolic OH excluding ortho intramolecular Hbond substituents is 1. The van der Waals surface area contributed by atoms with Crippen LogP contribution in [0.25, 0.3) is 0 Å². The van der Waals surface area contributed by atoms with Gasteiger partial charge in [0.25, 0.3) is 0 Å². The summed E-state index contributed by atoms with van der Waals surface area (Å²) in [6, 6.07) is 7.37. The molecule has 2 aromatic carbocycles. The molecular weight excluding hydrogens is 367 g/mol. The number of nitrogens with one attached hydrogen (secondary N) is 1. The first-order chi connectivity index (χ1) is 10.3. The monoisotopic (exact) mass is 376 g/mol. The Kier molecular flexibility index (Phi) is 5.34. The molecule has 0 unspecified atom stereocenters. The van der Waals surface area contributed by atoms with Gasteiger partial charge in [0.15, 0.2) is 5.75 Å². The largest absolute Gasteiger partial charge is 0.504 e. The number of aromatic hydroxyl groups is 1. The predicted octanol–water partition coefficient (Wildman–Crippen LogP) is 5.54. The van der Waals surface area contributed by atoms with Crippen molar-refractivity contribution in [3.8, 4) is 5.75 Å². The summed E-state index contributed by atoms with van der Waals surface area (Å²) in [6.45, 7) is 1.66. The van der Waals surface area contributed by atoms with Crippen LogP contribution in [-0.4, -0.2) is 11.1 Å². The lowest BCUT2D eigenvalue weighted by Gasteiger charge is -2.19. The van der Waals surface area contributed by atoms with E-state index < -0.39 is 6.03 Å². The molecule has 2 N–H and O–H groups in total. The van der Waals surface area contributed by atoms with Crippen molar-refractivity contribution in [2.24, 2.45) is 0 Å². The Labute approximate surface area is 148 Å². The van der Waals surface area contributed by atoms with Gasteiger partial charge in [-0.05, 0) is 42.8 Å². The number of nitrogens with zero attached hydrogens (tertiary/aromatic N) is 1. The average molecular weight is 378 g/mol. The second-order valence-electron chi connectivity index (χ2n) is 4.41. The van der Waals surface area contributed by atoms with Gasteiger partial charge < -0.3 is 10.4 Å². The minimum Gasteiger partial charge on any atom is -0.504 e. The Bertz CT molecular complexity index is 723. The van der Waals surface area contributed by atoms with Crippen LogP contribution in [0.5, 0.6) is 5.75 Å². The van der Waals surface area contributed by atoms with Crippen LogP contribution < -0.4 is 9.62 Å². The third-order valence-corrected chi connectivity index (χ3v) is 4.42. The topological polar surface area (TPSA) is 52.6 Å². The van der Waals surface area contributed by atoms with Crippen LogP contribution in [-0.2, 0) is 0 Å². The van der Waals surface area contributed by atoms with E-state index in [1.165, 1.54) is 6.07 Å². The standard InChI is InChI=1S/C14H11Cl3N2O2S/c1-7-10(16)6-11(13(20)12(7)17)19(22)14(21)18-9-4-2-8(15)3-5-9/h2-6,20,22H,1H3,(H,18,21). The molecule has 2 amide bonds. The summed E-state index contributed by atoms with van der Waals surface area (Å²) in [6.07, 6.45) is 0. The molecular formula is C14H11Cl3N2O2S. The number of halogens is 3. The van der Waals surface area contributed by atoms with Crippen molar-refractivity contribution in [2.45, 2.75) is 6.92 Å². The molecule has 8 heteroatoms. The number of carbonyl (C=O) groups excluding carboxylic acids is 1. The molecule has 0 aromatic heterocycles. The Hall–Kier alpha value is -1.27. The fourth-order valence-electron chi connectivity index (χ4n) is 1.67. The zero-order valence-corrected chi connectivity index (χ0v) is 14.4. The highest BCUT2D eigenvalue weighted by Crippen LogP contribution is 2.41. The molecule has 0 saturated carbocycles. The minimum atomic E-state index is -0.586. The highest BCUT2D eigenvalue weighted by molar-refractivity contribution is 7.82. The van der Waals surface area contributed by atoms with Crippen molar-refractivity contribution in [3.05, 3.63) is 51.0 Å². The Morgan fingerprint density at radius 3 is 2.41 bits per heavy atom. The van der Waals surface area contributed by atoms with Gasteiger partial charge in [0, 0.05) is 15.7 Å². The normalized spacial score (nSPS) is 10.4. The number of hydrogen-bond acceptors (Lipinski definition) is 3. The third-order valence-electron chi connectivity index (χ3n) is 2.92. The van der Waals surface area contributed by atoms with E-state index in [1.54, 1.807) is 31.2 Å². The van der Waals surface area contributed by atoms with E-state index in [-0.39, 0.29) is 16.5 Å². The van der Waals surface area contributed by atoms with Gasteiger partial charge in [0.1, 0.15) is 5.69 Å². The molecule has 0 heterocycles. The van der Waals surface area contributed by atoms with E-state index in [4.69, 9.17) is 34.8 Å². The molecule has 116 valence electrons. The summed E-state index contributed by atoms with van der Waals surface area (Å²) >= 11 is 21.8. The highest BCUT2D eigenvalue weighted by Gasteiger charge is 2.20. The van der Waals surface area contributed by atoms with Crippen LogP contribution in [0.3, 0.4) is 0 Å². The summed E-state index contributed by atoms with van der Waals surface area (Å²) in [5, 5.41) is 13.6. The molecule has 0 radical (unpaired) electrons. The fraction of sp³-hybridized carbons (Fsp3) is 0.0714. The number of carbonyl (C=O) groups is 1. The van der Waals surface area contributed by atoms with Gasteiger partial charge in [0.05, 0.1) is 5.02 Å². The maximum absolute atomic E-state index is 12.2. The van der Waals surface area contributed by atoms with Crippen molar-refractivity contribution < 1.29 is 9.90 Å². The van der Waals surface area contributed by atoms with Crippen molar-refractivity contribution in [1.82, 2.24) is 0 Å². The molecule has 0 aliphatic carbocycles. The van der Waals surface area contributed by atoms with Gasteiger partial charge in [-0.15, -0.1) is 0 Å². The van der Waals surface area contributed by atoms with Gasteiger partial charge in [0.2, 0.25) is 0 Å². The first-order valence-corrected chi connectivity index (χ1v) is 7.57. The highest BCUT2D eigenvalue weighted by atomic mass is 35.5. The molecule has 0 bridgehead atoms. The molecule has 0 aliphatic rings. The molecule has 0 atom stereocenters. The first kappa shape index (κ1) is 17.1. The third kappa shape index (κ3) is 3.55. The second kappa shape index (κ2) is 6.87. The van der Waals surface area contributed by atoms with Crippen LogP contribution in [0.15, 0.2) is 30.3 Å². The van der Waals surface area contributed by atoms with Crippen LogP contribution in [0.1, 0.15) is 5.56 Å². The maximum atomic E-state index is 12.2. The van der Waals surface area contributed by atoms with E-state index in [0.717, 1.165) is 4.31 Å². The number of phenols is 1. The van der Waals surface area contributed by atoms with Gasteiger partial charge in [-0.25, -0.2) is 9.10 Å². The number of anilines is 2. The summed E-state index contributed by atoms with van der Waals surface area (Å²) < 4.78 is 0.918. The number of rotatable bonds is 2. The quantitative estimate of drug-likeness (QED) is 0.601. The maximum Gasteiger partial charge on any atom is 0.336 e. The van der Waals surface area contributed by atoms with Crippen molar-refractivity contribution >= 4 is 65.0 Å². The van der Waals surface area contributed by atoms with Crippen molar-refractivity contribution in [2.75, 3.05) is 9.62 Å². The molecule has 2 aromatic rings. The van der Waals surface area contributed by atoms with Crippen LogP contribution in [0, 0.1) is 6.92 Å². The number of urea groups is 1. The molecule has 0 aliphatic heterocycles. The lowest BCUT2D eigenvalue weighted by molar-refractivity contribution is 0.260. The van der Waals surface area contributed by atoms with E-state index >= 15 is 0 Å². The minimum absolute atomic E-state index is 0.0702. The van der Waals surface area contributed by atoms with Crippen LogP contribution in [0.2, 0.25) is 15.1 Å². The number of thiol groups is 1. The van der Waals surface area contributed by atoms with Crippen molar-refractivity contribution in [1.29, 1.82) is 0 Å². The van der Waals surface area contributed by atoms with Gasteiger partial charge in [-0.3, -0.25) is 0 Å². The Morgan fingerprint density at radius 2 is 1.82 bits per heavy atom. The summed E-state index contributed by atoms with van der Waals surface area (Å²) in [5.74, 6) is -0.273. The molecule has 0 fully saturated rings. The molecule has 4 nitrogen and oxygen atoms in total. The lowest BCUT2D eigenvalue weighted by Crippen LogP contribution is -2.26. The molecule has 2 rings (SSSR count). The molecule has 0 saturated heterocycles. The SMILES string of the molecule is Cc1c(Cl)cc(N(S)C(=O)Nc2ccc(Cl)cc2)c(O)c1Cl. The molecule has 22 heavy (non-hydrogen) atoms. The average Bonchev–Trinajstić information content (AvgIpc) is 2.50. The summed E-state index contributed by atoms with van der Waals surface area (Å²) in [7, 11) is 0. The smallest absolute Gasteiger partial charge is 0.336 e. The Morgan fingerprint density at radius 1 is 1.23 bits per heavy atom. The van der Waals surface area contributed by atoms with Gasteiger partial charge in [-0.1, -0.05) is 47.6 Å². The van der Waals surface area contributed by atoms with Gasteiger partial charge >= 0.3 is 6.03 Å². The van der Waals surface area contributed by atoms with E-state index in [2.05, 4.69) is 18.1 Å². The number of amides is 2. The first-order valence-electron chi connectivity index (χ1n) is 6.04. The van der Waals surface area contributed by atoms with E-state index in [0.29, 0.717) is 21.3 Å². The zero-order valence-electron chi connectivity index (χ0n) is 11.3. The number of hydrogen-bond donors (Lipinski definition) is 3. The van der Waals surface area contributed by atoms with E-state index in [9.17, 15) is 9.90 Å². The lowest BCUT2D eigenvalue weighted by atomic mass is 10.2. The summed E-state index contributed by atoms with van der Waals surface area (Å²) in [4.78, 5) is 12.2.